The number of ether oxygens (including phenoxy) is 3. The van der Waals surface area contributed by atoms with Crippen molar-refractivity contribution in [1.29, 1.82) is 0 Å². The zero-order chi connectivity index (χ0) is 18.4. The number of nitrogens with one attached hydrogen (secondary N) is 2. The van der Waals surface area contributed by atoms with Gasteiger partial charge in [0.05, 0.1) is 6.54 Å². The molecule has 0 aromatic heterocycles. The Morgan fingerprint density at radius 2 is 1.92 bits per heavy atom. The Kier molecular flexibility index (Phi) is 5.63. The predicted molar refractivity (Wildman–Crippen MR) is 88.6 cm³/mol. The second kappa shape index (κ2) is 7.69. The van der Waals surface area contributed by atoms with E-state index in [2.05, 4.69) is 10.6 Å². The monoisotopic (exact) mass is 348 g/mol. The maximum absolute atomic E-state index is 11.8. The van der Waals surface area contributed by atoms with Crippen LogP contribution >= 0.6 is 0 Å². The van der Waals surface area contributed by atoms with E-state index in [1.54, 1.807) is 24.3 Å². The van der Waals surface area contributed by atoms with E-state index in [-0.39, 0.29) is 11.5 Å². The van der Waals surface area contributed by atoms with E-state index in [9.17, 15) is 14.4 Å². The minimum atomic E-state index is -1.27. The fraction of sp³-hybridized carbons (Fsp3) is 0.353. The van der Waals surface area contributed by atoms with Gasteiger partial charge in [-0.15, -0.1) is 0 Å². The number of esters is 2. The molecule has 1 amide bonds. The molecular formula is C17H20N2O6. The Bertz CT molecular complexity index is 689. The zero-order valence-corrected chi connectivity index (χ0v) is 14.3. The first-order valence-corrected chi connectivity index (χ1v) is 7.67. The molecule has 0 spiro atoms. The second-order valence-corrected chi connectivity index (χ2v) is 5.74. The highest BCUT2D eigenvalue weighted by Gasteiger charge is 2.38. The molecule has 0 radical (unpaired) electrons. The quantitative estimate of drug-likeness (QED) is 0.346. The predicted octanol–water partition coefficient (Wildman–Crippen LogP) is 1.33. The van der Waals surface area contributed by atoms with Gasteiger partial charge in [0.1, 0.15) is 12.4 Å². The van der Waals surface area contributed by atoms with Gasteiger partial charge in [-0.3, -0.25) is 4.79 Å². The van der Waals surface area contributed by atoms with Crippen LogP contribution in [0.4, 0.5) is 5.69 Å². The summed E-state index contributed by atoms with van der Waals surface area (Å²) in [6.07, 6.45) is 1.23. The van der Waals surface area contributed by atoms with Gasteiger partial charge < -0.3 is 24.8 Å². The summed E-state index contributed by atoms with van der Waals surface area (Å²) in [6.45, 7) is 5.10. The summed E-state index contributed by atoms with van der Waals surface area (Å²) in [5.41, 5.74) is 0.381. The van der Waals surface area contributed by atoms with Crippen molar-refractivity contribution < 1.29 is 28.6 Å². The van der Waals surface area contributed by atoms with E-state index in [0.29, 0.717) is 24.6 Å². The van der Waals surface area contributed by atoms with Crippen LogP contribution in [-0.4, -0.2) is 36.8 Å². The summed E-state index contributed by atoms with van der Waals surface area (Å²) in [4.78, 5) is 34.5. The maximum atomic E-state index is 11.8. The van der Waals surface area contributed by atoms with Crippen LogP contribution in [-0.2, 0) is 23.9 Å². The van der Waals surface area contributed by atoms with Gasteiger partial charge >= 0.3 is 11.9 Å². The van der Waals surface area contributed by atoms with Gasteiger partial charge in [-0.25, -0.2) is 9.59 Å². The molecule has 8 heteroatoms. The molecule has 0 bridgehead atoms. The van der Waals surface area contributed by atoms with E-state index in [1.165, 1.54) is 27.0 Å². The van der Waals surface area contributed by atoms with E-state index in [1.807, 2.05) is 0 Å². The minimum Gasteiger partial charge on any atom is -0.492 e. The van der Waals surface area contributed by atoms with Crippen molar-refractivity contribution in [2.75, 3.05) is 18.5 Å². The van der Waals surface area contributed by atoms with Crippen molar-refractivity contribution >= 4 is 23.5 Å². The number of hydrogen-bond donors (Lipinski definition) is 2. The normalized spacial score (nSPS) is 15.7. The third-order valence-electron chi connectivity index (χ3n) is 3.08. The third-order valence-corrected chi connectivity index (χ3v) is 3.08. The van der Waals surface area contributed by atoms with Crippen LogP contribution in [0.1, 0.15) is 20.8 Å². The first-order chi connectivity index (χ1) is 11.8. The Morgan fingerprint density at radius 1 is 1.24 bits per heavy atom. The second-order valence-electron chi connectivity index (χ2n) is 5.74. The standard InChI is InChI=1S/C17H20N2O6/c1-11(20)18-7-8-23-13-6-4-5-12(9-13)19-10-14-15(21)24-17(2,3)25-16(14)22/h4-6,9-10,19H,7-8H2,1-3H3,(H,18,20). The molecule has 2 rings (SSSR count). The summed E-state index contributed by atoms with van der Waals surface area (Å²) in [5.74, 6) is -2.33. The fourth-order valence-electron chi connectivity index (χ4n) is 2.01. The largest absolute Gasteiger partial charge is 0.492 e. The molecule has 0 unspecified atom stereocenters. The number of carbonyl (C=O) groups excluding carboxylic acids is 3. The topological polar surface area (TPSA) is 103 Å². The highest BCUT2D eigenvalue weighted by molar-refractivity contribution is 6.15. The lowest BCUT2D eigenvalue weighted by atomic mass is 10.2. The Balaban J connectivity index is 1.96. The molecule has 1 aliphatic rings. The number of benzene rings is 1. The molecule has 0 aliphatic carbocycles. The molecule has 1 aromatic carbocycles. The van der Waals surface area contributed by atoms with E-state index >= 15 is 0 Å². The molecule has 1 aromatic rings. The summed E-state index contributed by atoms with van der Waals surface area (Å²) in [6, 6.07) is 6.92. The molecule has 25 heavy (non-hydrogen) atoms. The molecular weight excluding hydrogens is 328 g/mol. The van der Waals surface area contributed by atoms with Crippen molar-refractivity contribution in [2.24, 2.45) is 0 Å². The van der Waals surface area contributed by atoms with Crippen molar-refractivity contribution in [3.05, 3.63) is 36.0 Å². The highest BCUT2D eigenvalue weighted by Crippen LogP contribution is 2.23. The third kappa shape index (κ3) is 5.52. The molecule has 0 saturated carbocycles. The van der Waals surface area contributed by atoms with Gasteiger partial charge in [0, 0.05) is 38.7 Å². The molecule has 134 valence electrons. The zero-order valence-electron chi connectivity index (χ0n) is 14.3. The smallest absolute Gasteiger partial charge is 0.350 e. The number of rotatable bonds is 6. The summed E-state index contributed by atoms with van der Waals surface area (Å²) < 4.78 is 15.5. The fourth-order valence-corrected chi connectivity index (χ4v) is 2.01. The summed E-state index contributed by atoms with van der Waals surface area (Å²) >= 11 is 0. The van der Waals surface area contributed by atoms with Gasteiger partial charge in [0.15, 0.2) is 5.57 Å². The number of anilines is 1. The van der Waals surface area contributed by atoms with Gasteiger partial charge in [-0.2, -0.15) is 0 Å². The van der Waals surface area contributed by atoms with Gasteiger partial charge in [0.25, 0.3) is 5.79 Å². The lowest BCUT2D eigenvalue weighted by Crippen LogP contribution is -2.42. The van der Waals surface area contributed by atoms with Crippen LogP contribution in [0.2, 0.25) is 0 Å². The van der Waals surface area contributed by atoms with Crippen LogP contribution in [0, 0.1) is 0 Å². The highest BCUT2D eigenvalue weighted by atomic mass is 16.7. The first kappa shape index (κ1) is 18.3. The van der Waals surface area contributed by atoms with E-state index in [0.717, 1.165) is 0 Å². The maximum Gasteiger partial charge on any atom is 0.350 e. The molecule has 2 N–H and O–H groups in total. The molecule has 0 atom stereocenters. The van der Waals surface area contributed by atoms with E-state index in [4.69, 9.17) is 14.2 Å². The minimum absolute atomic E-state index is 0.125. The van der Waals surface area contributed by atoms with Crippen LogP contribution in [0.15, 0.2) is 36.0 Å². The lowest BCUT2D eigenvalue weighted by molar-refractivity contribution is -0.222. The number of hydrogen-bond acceptors (Lipinski definition) is 7. The van der Waals surface area contributed by atoms with Crippen molar-refractivity contribution in [2.45, 2.75) is 26.6 Å². The molecule has 8 nitrogen and oxygen atoms in total. The Hall–Kier alpha value is -3.03. The van der Waals surface area contributed by atoms with Gasteiger partial charge in [0.2, 0.25) is 5.91 Å². The summed E-state index contributed by atoms with van der Waals surface area (Å²) in [5, 5.41) is 5.46. The average Bonchev–Trinajstić information content (AvgIpc) is 2.50. The van der Waals surface area contributed by atoms with Crippen molar-refractivity contribution in [3.63, 3.8) is 0 Å². The molecule has 1 saturated heterocycles. The molecule has 1 aliphatic heterocycles. The van der Waals surface area contributed by atoms with Crippen LogP contribution in [0.25, 0.3) is 0 Å². The number of amides is 1. The SMILES string of the molecule is CC(=O)NCCOc1cccc(NC=C2C(=O)OC(C)(C)OC2=O)c1. The van der Waals surface area contributed by atoms with Gasteiger partial charge in [-0.1, -0.05) is 6.07 Å². The van der Waals surface area contributed by atoms with Crippen LogP contribution in [0.3, 0.4) is 0 Å². The Labute approximate surface area is 145 Å². The number of cyclic esters (lactones) is 2. The summed E-state index contributed by atoms with van der Waals surface area (Å²) in [7, 11) is 0. The van der Waals surface area contributed by atoms with Gasteiger partial charge in [-0.05, 0) is 12.1 Å². The van der Waals surface area contributed by atoms with Crippen molar-refractivity contribution in [3.8, 4) is 5.75 Å². The molecule has 1 heterocycles. The first-order valence-electron chi connectivity index (χ1n) is 7.67. The van der Waals surface area contributed by atoms with E-state index < -0.39 is 17.7 Å². The van der Waals surface area contributed by atoms with Crippen LogP contribution in [0.5, 0.6) is 5.75 Å². The lowest BCUT2D eigenvalue weighted by Gasteiger charge is -2.29. The molecule has 1 fully saturated rings. The number of carbonyl (C=O) groups is 3. The Morgan fingerprint density at radius 3 is 2.56 bits per heavy atom. The van der Waals surface area contributed by atoms with Crippen molar-refractivity contribution in [1.82, 2.24) is 5.32 Å². The van der Waals surface area contributed by atoms with Crippen LogP contribution < -0.4 is 15.4 Å². The average molecular weight is 348 g/mol.